The van der Waals surface area contributed by atoms with Crippen LogP contribution in [0.25, 0.3) is 0 Å². The minimum Gasteiger partial charge on any atom is -0.258 e. The minimum atomic E-state index is -5.21. The second kappa shape index (κ2) is 4.81. The summed E-state index contributed by atoms with van der Waals surface area (Å²) in [6.45, 7) is 0. The maximum Gasteiger partial charge on any atom is 0.424 e. The molecule has 0 bridgehead atoms. The first-order valence-electron chi connectivity index (χ1n) is 3.95. The van der Waals surface area contributed by atoms with Crippen LogP contribution in [0, 0.1) is 13.7 Å². The molecule has 0 saturated carbocycles. The Balaban J connectivity index is 3.91. The van der Waals surface area contributed by atoms with Crippen molar-refractivity contribution in [2.45, 2.75) is 11.1 Å². The van der Waals surface area contributed by atoms with Gasteiger partial charge in [0.25, 0.3) is 14.7 Å². The van der Waals surface area contributed by atoms with E-state index in [2.05, 4.69) is 0 Å². The molecule has 0 radical (unpaired) electrons. The molecule has 0 N–H and O–H groups in total. The summed E-state index contributed by atoms with van der Waals surface area (Å²) in [6, 6.07) is 1.46. The highest BCUT2D eigenvalue weighted by Crippen LogP contribution is 2.43. The summed E-state index contributed by atoms with van der Waals surface area (Å²) in [5.41, 5.74) is -3.23. The Labute approximate surface area is 117 Å². The van der Waals surface area contributed by atoms with Gasteiger partial charge in [0.15, 0.2) is 5.56 Å². The molecule has 1 aromatic rings. The summed E-state index contributed by atoms with van der Waals surface area (Å²) in [6.07, 6.45) is -5.21. The molecule has 0 spiro atoms. The number of nitrogens with zero attached hydrogens (tertiary/aromatic N) is 1. The van der Waals surface area contributed by atoms with Crippen molar-refractivity contribution in [3.63, 3.8) is 0 Å². The molecule has 0 aliphatic rings. The number of alkyl halides is 3. The number of hydrogen-bond donors (Lipinski definition) is 0. The molecule has 0 aromatic heterocycles. The molecule has 0 aliphatic carbocycles. The average Bonchev–Trinajstić information content (AvgIpc) is 2.13. The topological polar surface area (TPSA) is 77.3 Å². The summed E-state index contributed by atoms with van der Waals surface area (Å²) >= 11 is 1.31. The molecule has 18 heavy (non-hydrogen) atoms. The fraction of sp³-hybridized carbons (Fsp3) is 0.143. The first-order valence-corrected chi connectivity index (χ1v) is 7.34. The molecule has 0 saturated heterocycles. The standard InChI is InChI=1S/C7H2ClF3INO4S/c8-18(16,17)6-3(12)1-2-4(13(14)15)5(6)7(9,10)11/h1-2H. The van der Waals surface area contributed by atoms with E-state index in [1.807, 2.05) is 0 Å². The Bertz CT molecular complexity index is 616. The van der Waals surface area contributed by atoms with Crippen LogP contribution in [0.2, 0.25) is 0 Å². The van der Waals surface area contributed by atoms with Gasteiger partial charge in [-0.2, -0.15) is 13.2 Å². The van der Waals surface area contributed by atoms with Gasteiger partial charge in [-0.25, -0.2) is 8.42 Å². The van der Waals surface area contributed by atoms with E-state index in [9.17, 15) is 31.7 Å². The molecule has 0 aliphatic heterocycles. The van der Waals surface area contributed by atoms with Crippen molar-refractivity contribution in [3.05, 3.63) is 31.4 Å². The van der Waals surface area contributed by atoms with Crippen LogP contribution < -0.4 is 0 Å². The first kappa shape index (κ1) is 15.4. The monoisotopic (exact) mass is 415 g/mol. The maximum atomic E-state index is 12.7. The van der Waals surface area contributed by atoms with Crippen molar-refractivity contribution in [3.8, 4) is 0 Å². The van der Waals surface area contributed by atoms with E-state index in [-0.39, 0.29) is 3.57 Å². The van der Waals surface area contributed by atoms with E-state index < -0.39 is 36.3 Å². The SMILES string of the molecule is O=[N+]([O-])c1ccc(I)c(S(=O)(=O)Cl)c1C(F)(F)F. The Hall–Kier alpha value is -0.620. The highest BCUT2D eigenvalue weighted by molar-refractivity contribution is 14.1. The molecule has 1 aromatic carbocycles. The third kappa shape index (κ3) is 3.03. The normalized spacial score (nSPS) is 12.5. The van der Waals surface area contributed by atoms with Crippen LogP contribution in [0.15, 0.2) is 17.0 Å². The molecule has 0 atom stereocenters. The van der Waals surface area contributed by atoms with E-state index >= 15 is 0 Å². The molecule has 0 unspecified atom stereocenters. The molecule has 5 nitrogen and oxygen atoms in total. The molecule has 100 valence electrons. The van der Waals surface area contributed by atoms with Crippen molar-refractivity contribution < 1.29 is 26.5 Å². The lowest BCUT2D eigenvalue weighted by molar-refractivity contribution is -0.388. The first-order chi connectivity index (χ1) is 7.96. The predicted molar refractivity (Wildman–Crippen MR) is 63.9 cm³/mol. The van der Waals surface area contributed by atoms with Gasteiger partial charge >= 0.3 is 6.18 Å². The van der Waals surface area contributed by atoms with E-state index in [0.29, 0.717) is 6.07 Å². The van der Waals surface area contributed by atoms with Gasteiger partial charge in [-0.05, 0) is 28.7 Å². The zero-order valence-corrected chi connectivity index (χ0v) is 11.8. The maximum absolute atomic E-state index is 12.7. The van der Waals surface area contributed by atoms with Gasteiger partial charge in [-0.1, -0.05) is 0 Å². The summed E-state index contributed by atoms with van der Waals surface area (Å²) in [5.74, 6) is 0. The molecule has 0 amide bonds. The van der Waals surface area contributed by atoms with Crippen LogP contribution in [0.3, 0.4) is 0 Å². The average molecular weight is 416 g/mol. The van der Waals surface area contributed by atoms with Crippen molar-refractivity contribution in [2.24, 2.45) is 0 Å². The zero-order valence-electron chi connectivity index (χ0n) is 8.03. The second-order valence-corrected chi connectivity index (χ2v) is 6.63. The molecule has 0 heterocycles. The third-order valence-electron chi connectivity index (χ3n) is 1.81. The van der Waals surface area contributed by atoms with Crippen molar-refractivity contribution in [1.82, 2.24) is 0 Å². The van der Waals surface area contributed by atoms with Crippen molar-refractivity contribution >= 4 is 48.0 Å². The third-order valence-corrected chi connectivity index (χ3v) is 4.45. The van der Waals surface area contributed by atoms with Crippen LogP contribution in [-0.4, -0.2) is 13.3 Å². The van der Waals surface area contributed by atoms with E-state index in [0.717, 1.165) is 6.07 Å². The predicted octanol–water partition coefficient (Wildman–Crippen LogP) is 3.15. The van der Waals surface area contributed by atoms with Gasteiger partial charge in [-0.15, -0.1) is 0 Å². The van der Waals surface area contributed by atoms with E-state index in [1.165, 1.54) is 22.6 Å². The number of nitro groups is 1. The lowest BCUT2D eigenvalue weighted by Gasteiger charge is -2.12. The number of rotatable bonds is 2. The zero-order chi connectivity index (χ0) is 14.3. The second-order valence-electron chi connectivity index (χ2n) is 2.96. The van der Waals surface area contributed by atoms with Gasteiger partial charge in [0.05, 0.1) is 4.92 Å². The van der Waals surface area contributed by atoms with E-state index in [1.54, 1.807) is 0 Å². The fourth-order valence-corrected chi connectivity index (χ4v) is 4.17. The molecular formula is C7H2ClF3INO4S. The number of nitro benzene ring substituents is 1. The summed E-state index contributed by atoms with van der Waals surface area (Å²) < 4.78 is 60.2. The van der Waals surface area contributed by atoms with Crippen molar-refractivity contribution in [1.29, 1.82) is 0 Å². The fourth-order valence-electron chi connectivity index (χ4n) is 1.21. The largest absolute Gasteiger partial charge is 0.424 e. The summed E-state index contributed by atoms with van der Waals surface area (Å²) in [7, 11) is 0.133. The van der Waals surface area contributed by atoms with Crippen LogP contribution in [0.4, 0.5) is 18.9 Å². The van der Waals surface area contributed by atoms with Gasteiger partial charge in [0, 0.05) is 20.3 Å². The highest BCUT2D eigenvalue weighted by Gasteiger charge is 2.44. The Morgan fingerprint density at radius 2 is 1.83 bits per heavy atom. The Kier molecular flexibility index (Phi) is 4.13. The lowest BCUT2D eigenvalue weighted by Crippen LogP contribution is -2.15. The van der Waals surface area contributed by atoms with Gasteiger partial charge in [0.2, 0.25) is 0 Å². The molecule has 11 heteroatoms. The van der Waals surface area contributed by atoms with Gasteiger partial charge in [-0.3, -0.25) is 10.1 Å². The van der Waals surface area contributed by atoms with Crippen LogP contribution >= 0.6 is 33.3 Å². The Morgan fingerprint density at radius 1 is 1.33 bits per heavy atom. The van der Waals surface area contributed by atoms with Crippen LogP contribution in [-0.2, 0) is 15.2 Å². The van der Waals surface area contributed by atoms with E-state index in [4.69, 9.17) is 10.7 Å². The summed E-state index contributed by atoms with van der Waals surface area (Å²) in [4.78, 5) is 7.91. The number of halogens is 5. The smallest absolute Gasteiger partial charge is 0.258 e. The van der Waals surface area contributed by atoms with Gasteiger partial charge < -0.3 is 0 Å². The summed E-state index contributed by atoms with van der Waals surface area (Å²) in [5, 5.41) is 10.5. The van der Waals surface area contributed by atoms with Crippen molar-refractivity contribution in [2.75, 3.05) is 0 Å². The van der Waals surface area contributed by atoms with Gasteiger partial charge in [0.1, 0.15) is 4.90 Å². The highest BCUT2D eigenvalue weighted by atomic mass is 127. The molecular weight excluding hydrogens is 413 g/mol. The molecule has 1 rings (SSSR count). The number of hydrogen-bond acceptors (Lipinski definition) is 4. The quantitative estimate of drug-likeness (QED) is 0.322. The lowest BCUT2D eigenvalue weighted by atomic mass is 10.2. The Morgan fingerprint density at radius 3 is 2.17 bits per heavy atom. The van der Waals surface area contributed by atoms with Crippen LogP contribution in [0.1, 0.15) is 5.56 Å². The minimum absolute atomic E-state index is 0.347. The van der Waals surface area contributed by atoms with Crippen LogP contribution in [0.5, 0.6) is 0 Å². The number of benzene rings is 1. The molecule has 0 fully saturated rings.